The molecule has 2 unspecified atom stereocenters. The Kier molecular flexibility index (Phi) is 20.3. The third-order valence-corrected chi connectivity index (χ3v) is 8.30. The van der Waals surface area contributed by atoms with E-state index < -0.39 is 23.0 Å². The molecule has 0 radical (unpaired) electrons. The number of benzene rings is 2. The van der Waals surface area contributed by atoms with Gasteiger partial charge in [-0.2, -0.15) is 0 Å². The molecule has 4 N–H and O–H groups in total. The number of nitrogens with one attached hydrogen (secondary N) is 4. The van der Waals surface area contributed by atoms with E-state index in [2.05, 4.69) is 26.0 Å². The van der Waals surface area contributed by atoms with Gasteiger partial charge < -0.3 is 33.5 Å². The molecular formula is C31H38ClI2N4NaO8. The summed E-state index contributed by atoms with van der Waals surface area (Å²) < 4.78 is 9.65. The molecule has 2 fully saturated rings. The zero-order chi connectivity index (χ0) is 32.3. The summed E-state index contributed by atoms with van der Waals surface area (Å²) in [7, 11) is 0. The minimum atomic E-state index is -0.705. The van der Waals surface area contributed by atoms with Crippen molar-refractivity contribution in [2.45, 2.75) is 70.6 Å². The van der Waals surface area contributed by atoms with Crippen LogP contribution in [0.5, 0.6) is 0 Å². The molecule has 2 saturated heterocycles. The monoisotopic (exact) mass is 906 g/mol. The van der Waals surface area contributed by atoms with Gasteiger partial charge in [0.15, 0.2) is 6.07 Å². The third-order valence-electron chi connectivity index (χ3n) is 7.88. The second kappa shape index (κ2) is 21.2. The van der Waals surface area contributed by atoms with Gasteiger partial charge in [-0.15, -0.1) is 0 Å². The Hall–Kier alpha value is -1.99. The molecular weight excluding hydrogens is 869 g/mol. The predicted molar refractivity (Wildman–Crippen MR) is 178 cm³/mol. The number of carbonyl (C=O) groups is 6. The predicted octanol–water partition coefficient (Wildman–Crippen LogP) is -0.128. The number of rotatable bonds is 8. The molecule has 2 atom stereocenters. The Morgan fingerprint density at radius 3 is 1.43 bits per heavy atom. The van der Waals surface area contributed by atoms with Gasteiger partial charge in [-0.05, 0) is 83.7 Å². The van der Waals surface area contributed by atoms with Gasteiger partial charge in [-0.3, -0.25) is 40.4 Å². The maximum absolute atomic E-state index is 12.3. The van der Waals surface area contributed by atoms with E-state index in [1.165, 1.54) is 0 Å². The number of hydrogen-bond donors (Lipinski definition) is 4. The van der Waals surface area contributed by atoms with Crippen molar-refractivity contribution < 1.29 is 91.8 Å². The van der Waals surface area contributed by atoms with Crippen molar-refractivity contribution in [3.8, 4) is 0 Å². The van der Waals surface area contributed by atoms with Gasteiger partial charge in [-0.25, -0.2) is 9.59 Å². The molecule has 2 aliphatic rings. The quantitative estimate of drug-likeness (QED) is 0.123. The van der Waals surface area contributed by atoms with Crippen LogP contribution in [0.1, 0.15) is 70.9 Å². The standard InChI is InChI=1S/C15H17ClN2O4.C15H17IN2O4.CH4.HI.Na/c2*1-2-15(8-7-12(19)18-13(15)20)10-3-5-11(6-4-10)17-14(21)22-9-16;;;/h2*3-6H,2,7-9H2,1H3,(H,17,21)(H,18,19,20);1H4;1H;/q;;;;+1/p-1. The average Bonchev–Trinajstić information content (AvgIpc) is 2.99. The first-order chi connectivity index (χ1) is 21.0. The molecule has 0 saturated carbocycles. The Labute approximate surface area is 332 Å². The molecule has 4 rings (SSSR count). The number of piperidine rings is 2. The van der Waals surface area contributed by atoms with Gasteiger partial charge >= 0.3 is 41.7 Å². The first-order valence-electron chi connectivity index (χ1n) is 13.9. The average molecular weight is 907 g/mol. The van der Waals surface area contributed by atoms with Gasteiger partial charge in [0.2, 0.25) is 23.6 Å². The van der Waals surface area contributed by atoms with Gasteiger partial charge in [0.1, 0.15) is 4.61 Å². The molecule has 0 aliphatic carbocycles. The topological polar surface area (TPSA) is 169 Å². The van der Waals surface area contributed by atoms with Crippen LogP contribution in [0.25, 0.3) is 0 Å². The summed E-state index contributed by atoms with van der Waals surface area (Å²) >= 11 is 7.23. The zero-order valence-corrected chi connectivity index (χ0v) is 32.7. The molecule has 252 valence electrons. The molecule has 6 amide bonds. The van der Waals surface area contributed by atoms with Crippen molar-refractivity contribution >= 4 is 81.4 Å². The summed E-state index contributed by atoms with van der Waals surface area (Å²) in [4.78, 5) is 69.9. The van der Waals surface area contributed by atoms with Crippen molar-refractivity contribution in [1.29, 1.82) is 0 Å². The Morgan fingerprint density at radius 1 is 0.766 bits per heavy atom. The molecule has 47 heavy (non-hydrogen) atoms. The number of imide groups is 2. The van der Waals surface area contributed by atoms with Crippen molar-refractivity contribution in [1.82, 2.24) is 10.6 Å². The summed E-state index contributed by atoms with van der Waals surface area (Å²) in [5.74, 6) is -0.991. The first-order valence-corrected chi connectivity index (χ1v) is 16.0. The van der Waals surface area contributed by atoms with Crippen LogP contribution in [0.3, 0.4) is 0 Å². The SMILES string of the molecule is C.CCC1(c2ccc(NC(=O)OCCl)cc2)CCC(=O)NC1=O.CCC1(c2ccc(NC(=O)OCI)cc2)CCC(=O)NC1=O.[I-].[Na+]. The van der Waals surface area contributed by atoms with E-state index in [9.17, 15) is 28.8 Å². The normalized spacial score (nSPS) is 19.8. The molecule has 16 heteroatoms. The van der Waals surface area contributed by atoms with Crippen molar-refractivity contribution in [2.75, 3.05) is 21.3 Å². The van der Waals surface area contributed by atoms with Gasteiger partial charge in [0.25, 0.3) is 0 Å². The number of anilines is 2. The fourth-order valence-electron chi connectivity index (χ4n) is 5.28. The Morgan fingerprint density at radius 2 is 1.13 bits per heavy atom. The van der Waals surface area contributed by atoms with Gasteiger partial charge in [0, 0.05) is 24.2 Å². The van der Waals surface area contributed by atoms with Crippen LogP contribution in [0.4, 0.5) is 21.0 Å². The van der Waals surface area contributed by atoms with Crippen molar-refractivity contribution in [3.63, 3.8) is 0 Å². The second-order valence-electron chi connectivity index (χ2n) is 10.1. The maximum atomic E-state index is 12.3. The Balaban J connectivity index is 0.000000846. The van der Waals surface area contributed by atoms with E-state index in [1.807, 2.05) is 36.4 Å². The van der Waals surface area contributed by atoms with Crippen LogP contribution < -0.4 is 74.8 Å². The van der Waals surface area contributed by atoms with Crippen LogP contribution in [0, 0.1) is 0 Å². The maximum Gasteiger partial charge on any atom is 1.00 e. The van der Waals surface area contributed by atoms with Gasteiger partial charge in [0.05, 0.1) is 10.8 Å². The molecule has 2 heterocycles. The minimum absolute atomic E-state index is 0. The van der Waals surface area contributed by atoms with Crippen LogP contribution in [-0.4, -0.2) is 46.5 Å². The van der Waals surface area contributed by atoms with Gasteiger partial charge in [-0.1, -0.05) is 57.1 Å². The summed E-state index contributed by atoms with van der Waals surface area (Å²) in [5, 5.41) is 9.94. The molecule has 0 spiro atoms. The first kappa shape index (κ1) is 45.0. The van der Waals surface area contributed by atoms with E-state index >= 15 is 0 Å². The van der Waals surface area contributed by atoms with Crippen LogP contribution in [0.2, 0.25) is 0 Å². The fraction of sp³-hybridized carbons (Fsp3) is 0.419. The number of amides is 6. The molecule has 0 bridgehead atoms. The van der Waals surface area contributed by atoms with Crippen LogP contribution >= 0.6 is 34.2 Å². The third kappa shape index (κ3) is 11.5. The van der Waals surface area contributed by atoms with Crippen LogP contribution in [-0.2, 0) is 39.5 Å². The number of halogens is 3. The van der Waals surface area contributed by atoms with Crippen LogP contribution in [0.15, 0.2) is 48.5 Å². The summed E-state index contributed by atoms with van der Waals surface area (Å²) in [6.07, 6.45) is 1.67. The van der Waals surface area contributed by atoms with E-state index in [-0.39, 0.29) is 95.3 Å². The van der Waals surface area contributed by atoms with E-state index in [4.69, 9.17) is 16.3 Å². The van der Waals surface area contributed by atoms with E-state index in [0.717, 1.165) is 11.1 Å². The number of ether oxygens (including phenoxy) is 2. The molecule has 2 aliphatic heterocycles. The summed E-state index contributed by atoms with van der Waals surface area (Å²) in [5.41, 5.74) is 1.40. The molecule has 2 aromatic carbocycles. The van der Waals surface area contributed by atoms with Crippen molar-refractivity contribution in [3.05, 3.63) is 59.7 Å². The largest absolute Gasteiger partial charge is 1.00 e. The minimum Gasteiger partial charge on any atom is -1.00 e. The smallest absolute Gasteiger partial charge is 1.00 e. The molecule has 2 aromatic rings. The second-order valence-corrected chi connectivity index (χ2v) is 11.0. The summed E-state index contributed by atoms with van der Waals surface area (Å²) in [6, 6.07) is 13.8. The number of hydrogen-bond acceptors (Lipinski definition) is 8. The van der Waals surface area contributed by atoms with E-state index in [0.29, 0.717) is 49.9 Å². The molecule has 12 nitrogen and oxygen atoms in total. The fourth-order valence-corrected chi connectivity index (χ4v) is 5.67. The van der Waals surface area contributed by atoms with Crippen molar-refractivity contribution in [2.24, 2.45) is 0 Å². The van der Waals surface area contributed by atoms with E-state index in [1.54, 1.807) is 48.5 Å². The zero-order valence-electron chi connectivity index (χ0n) is 25.7. The summed E-state index contributed by atoms with van der Waals surface area (Å²) in [6.45, 7) is 3.85. The Bertz CT molecular complexity index is 1300. The number of carbonyl (C=O) groups excluding carboxylic acids is 6. The number of alkyl halides is 2. The molecule has 0 aromatic heterocycles.